The molecule has 2 heterocycles. The van der Waals surface area contributed by atoms with Gasteiger partial charge in [-0.15, -0.1) is 0 Å². The van der Waals surface area contributed by atoms with E-state index in [0.717, 1.165) is 13.1 Å². The van der Waals surface area contributed by atoms with Gasteiger partial charge in [-0.05, 0) is 0 Å². The molecule has 0 amide bonds. The van der Waals surface area contributed by atoms with Crippen molar-refractivity contribution < 1.29 is 13.5 Å². The zero-order valence-corrected chi connectivity index (χ0v) is 6.22. The van der Waals surface area contributed by atoms with Crippen LogP contribution in [-0.4, -0.2) is 43.2 Å². The van der Waals surface area contributed by atoms with Gasteiger partial charge in [0.25, 0.3) is 5.92 Å². The van der Waals surface area contributed by atoms with Crippen LogP contribution in [0.4, 0.5) is 8.78 Å². The van der Waals surface area contributed by atoms with Crippen molar-refractivity contribution in [3.63, 3.8) is 0 Å². The Morgan fingerprint density at radius 3 is 2.64 bits per heavy atom. The van der Waals surface area contributed by atoms with Crippen molar-refractivity contribution in [2.45, 2.75) is 18.4 Å². The maximum Gasteiger partial charge on any atom is 0.272 e. The van der Waals surface area contributed by atoms with E-state index < -0.39 is 12.5 Å². The van der Waals surface area contributed by atoms with Crippen LogP contribution >= 0.6 is 0 Å². The van der Waals surface area contributed by atoms with E-state index in [9.17, 15) is 8.78 Å². The van der Waals surface area contributed by atoms with Crippen molar-refractivity contribution >= 4 is 0 Å². The molecule has 0 spiro atoms. The molecule has 2 aliphatic rings. The molecule has 11 heavy (non-hydrogen) atoms. The Morgan fingerprint density at radius 2 is 2.09 bits per heavy atom. The first-order chi connectivity index (χ1) is 5.17. The molecule has 2 aliphatic heterocycles. The Bertz CT molecular complexity index is 159. The summed E-state index contributed by atoms with van der Waals surface area (Å²) in [6.45, 7) is 2.02. The second-order valence-corrected chi connectivity index (χ2v) is 3.26. The Hall–Kier alpha value is -0.220. The molecule has 0 bridgehead atoms. The van der Waals surface area contributed by atoms with E-state index in [0.29, 0.717) is 6.61 Å². The third kappa shape index (κ3) is 1.68. The predicted molar refractivity (Wildman–Crippen MR) is 35.7 cm³/mol. The molecule has 64 valence electrons. The van der Waals surface area contributed by atoms with Gasteiger partial charge in [0.2, 0.25) is 0 Å². The molecule has 2 fully saturated rings. The highest BCUT2D eigenvalue weighted by Crippen LogP contribution is 2.29. The largest absolute Gasteiger partial charge is 0.374 e. The Balaban J connectivity index is 1.92. The lowest BCUT2D eigenvalue weighted by atomic mass is 10.1. The Kier molecular flexibility index (Phi) is 1.61. The summed E-state index contributed by atoms with van der Waals surface area (Å²) in [6, 6.07) is -0.0289. The number of rotatable bonds is 1. The third-order valence-corrected chi connectivity index (χ3v) is 2.16. The lowest BCUT2D eigenvalue weighted by Crippen LogP contribution is -2.41. The third-order valence-electron chi connectivity index (χ3n) is 2.16. The number of hydrogen-bond acceptors (Lipinski definition) is 2. The first-order valence-electron chi connectivity index (χ1n) is 3.87. The zero-order chi connectivity index (χ0) is 7.90. The first kappa shape index (κ1) is 7.43. The molecule has 1 atom stereocenters. The van der Waals surface area contributed by atoms with Crippen LogP contribution in [-0.2, 0) is 4.74 Å². The molecule has 0 aromatic heterocycles. The minimum atomic E-state index is -2.59. The SMILES string of the molecule is FC1(F)COCC(N2CC2)C1. The van der Waals surface area contributed by atoms with Crippen LogP contribution in [0.3, 0.4) is 0 Å². The summed E-state index contributed by atoms with van der Waals surface area (Å²) in [4.78, 5) is 2.02. The second kappa shape index (κ2) is 2.38. The summed E-state index contributed by atoms with van der Waals surface area (Å²) in [7, 11) is 0. The standard InChI is InChI=1S/C7H11F2NO/c8-7(9)3-6(4-11-5-7)10-1-2-10/h6H,1-5H2. The van der Waals surface area contributed by atoms with Crippen molar-refractivity contribution in [3.05, 3.63) is 0 Å². The zero-order valence-electron chi connectivity index (χ0n) is 6.22. The van der Waals surface area contributed by atoms with Crippen LogP contribution in [0.2, 0.25) is 0 Å². The summed E-state index contributed by atoms with van der Waals surface area (Å²) in [6.07, 6.45) is -0.0208. The van der Waals surface area contributed by atoms with E-state index in [1.54, 1.807) is 0 Å². The van der Waals surface area contributed by atoms with Crippen molar-refractivity contribution in [1.29, 1.82) is 0 Å². The molecule has 2 nitrogen and oxygen atoms in total. The van der Waals surface area contributed by atoms with E-state index in [-0.39, 0.29) is 12.5 Å². The van der Waals surface area contributed by atoms with E-state index in [4.69, 9.17) is 4.74 Å². The van der Waals surface area contributed by atoms with Gasteiger partial charge < -0.3 is 4.74 Å². The number of nitrogens with zero attached hydrogens (tertiary/aromatic N) is 1. The van der Waals surface area contributed by atoms with Gasteiger partial charge in [0.1, 0.15) is 6.61 Å². The van der Waals surface area contributed by atoms with Crippen molar-refractivity contribution in [2.24, 2.45) is 0 Å². The van der Waals surface area contributed by atoms with Crippen LogP contribution in [0, 0.1) is 0 Å². The van der Waals surface area contributed by atoms with Gasteiger partial charge in [-0.25, -0.2) is 8.78 Å². The maximum atomic E-state index is 12.7. The molecular formula is C7H11F2NO. The molecule has 0 radical (unpaired) electrons. The second-order valence-electron chi connectivity index (χ2n) is 3.26. The average Bonchev–Trinajstić information content (AvgIpc) is 2.65. The Morgan fingerprint density at radius 1 is 1.36 bits per heavy atom. The normalized spacial score (nSPS) is 37.1. The summed E-state index contributed by atoms with van der Waals surface area (Å²) in [5.74, 6) is -2.59. The summed E-state index contributed by atoms with van der Waals surface area (Å²) in [5, 5.41) is 0. The van der Waals surface area contributed by atoms with E-state index >= 15 is 0 Å². The fourth-order valence-corrected chi connectivity index (χ4v) is 1.46. The molecule has 0 aliphatic carbocycles. The van der Waals surface area contributed by atoms with Gasteiger partial charge in [0.05, 0.1) is 6.61 Å². The topological polar surface area (TPSA) is 12.2 Å². The van der Waals surface area contributed by atoms with Gasteiger partial charge in [0, 0.05) is 25.6 Å². The van der Waals surface area contributed by atoms with Crippen molar-refractivity contribution in [2.75, 3.05) is 26.3 Å². The van der Waals surface area contributed by atoms with Crippen LogP contribution in [0.5, 0.6) is 0 Å². The minimum absolute atomic E-state index is 0.0208. The highest BCUT2D eigenvalue weighted by atomic mass is 19.3. The van der Waals surface area contributed by atoms with Gasteiger partial charge in [-0.3, -0.25) is 4.90 Å². The number of ether oxygens (including phenoxy) is 1. The smallest absolute Gasteiger partial charge is 0.272 e. The van der Waals surface area contributed by atoms with E-state index in [1.165, 1.54) is 0 Å². The molecule has 0 aromatic carbocycles. The van der Waals surface area contributed by atoms with Crippen LogP contribution in [0.15, 0.2) is 0 Å². The van der Waals surface area contributed by atoms with Crippen LogP contribution in [0.25, 0.3) is 0 Å². The van der Waals surface area contributed by atoms with Crippen LogP contribution in [0.1, 0.15) is 6.42 Å². The highest BCUT2D eigenvalue weighted by molar-refractivity contribution is 4.88. The number of alkyl halides is 2. The fourth-order valence-electron chi connectivity index (χ4n) is 1.46. The fraction of sp³-hybridized carbons (Fsp3) is 1.00. The average molecular weight is 163 g/mol. The first-order valence-corrected chi connectivity index (χ1v) is 3.87. The summed E-state index contributed by atoms with van der Waals surface area (Å²) in [5.41, 5.74) is 0. The van der Waals surface area contributed by atoms with Gasteiger partial charge in [-0.2, -0.15) is 0 Å². The van der Waals surface area contributed by atoms with Gasteiger partial charge in [0.15, 0.2) is 0 Å². The quantitative estimate of drug-likeness (QED) is 0.528. The molecular weight excluding hydrogens is 152 g/mol. The maximum absolute atomic E-state index is 12.7. The van der Waals surface area contributed by atoms with Crippen LogP contribution < -0.4 is 0 Å². The predicted octanol–water partition coefficient (Wildman–Crippen LogP) is 0.726. The molecule has 2 saturated heterocycles. The minimum Gasteiger partial charge on any atom is -0.374 e. The Labute approximate surface area is 64.1 Å². The molecule has 0 N–H and O–H groups in total. The number of hydrogen-bond donors (Lipinski definition) is 0. The van der Waals surface area contributed by atoms with E-state index in [2.05, 4.69) is 0 Å². The van der Waals surface area contributed by atoms with Crippen molar-refractivity contribution in [3.8, 4) is 0 Å². The summed E-state index contributed by atoms with van der Waals surface area (Å²) >= 11 is 0. The van der Waals surface area contributed by atoms with Gasteiger partial charge in [-0.1, -0.05) is 0 Å². The molecule has 4 heteroatoms. The van der Waals surface area contributed by atoms with Gasteiger partial charge >= 0.3 is 0 Å². The monoisotopic (exact) mass is 163 g/mol. The molecule has 0 saturated carbocycles. The van der Waals surface area contributed by atoms with Crippen molar-refractivity contribution in [1.82, 2.24) is 4.90 Å². The highest BCUT2D eigenvalue weighted by Gasteiger charge is 2.42. The lowest BCUT2D eigenvalue weighted by molar-refractivity contribution is -0.133. The summed E-state index contributed by atoms with van der Waals surface area (Å²) < 4.78 is 30.2. The lowest BCUT2D eigenvalue weighted by Gasteiger charge is -2.29. The molecule has 1 unspecified atom stereocenters. The van der Waals surface area contributed by atoms with E-state index in [1.807, 2.05) is 4.90 Å². The molecule has 2 rings (SSSR count). The molecule has 0 aromatic rings. The number of halogens is 2.